The summed E-state index contributed by atoms with van der Waals surface area (Å²) >= 11 is 0. The number of aliphatic hydroxyl groups excluding tert-OH is 1. The highest BCUT2D eigenvalue weighted by atomic mass is 127. The van der Waals surface area contributed by atoms with Crippen LogP contribution in [-0.4, -0.2) is 35.9 Å². The molecule has 1 rings (SSSR count). The fourth-order valence-electron chi connectivity index (χ4n) is 1.63. The van der Waals surface area contributed by atoms with Crippen molar-refractivity contribution in [1.29, 1.82) is 0 Å². The van der Waals surface area contributed by atoms with E-state index >= 15 is 0 Å². The Morgan fingerprint density at radius 2 is 1.96 bits per heavy atom. The lowest BCUT2D eigenvalue weighted by Gasteiger charge is -2.21. The van der Waals surface area contributed by atoms with E-state index in [-0.39, 0.29) is 54.4 Å². The van der Waals surface area contributed by atoms with Gasteiger partial charge in [-0.1, -0.05) is 6.07 Å². The number of halogens is 4. The molecule has 0 fully saturated rings. The molecule has 9 heteroatoms. The smallest absolute Gasteiger partial charge is 0.416 e. The second-order valence-corrected chi connectivity index (χ2v) is 6.09. The lowest BCUT2D eigenvalue weighted by Crippen LogP contribution is -2.45. The average molecular weight is 461 g/mol. The van der Waals surface area contributed by atoms with E-state index in [0.717, 1.165) is 12.1 Å². The molecular weight excluding hydrogens is 438 g/mol. The van der Waals surface area contributed by atoms with Gasteiger partial charge in [0.25, 0.3) is 0 Å². The molecule has 24 heavy (non-hydrogen) atoms. The predicted octanol–water partition coefficient (Wildman–Crippen LogP) is 2.77. The summed E-state index contributed by atoms with van der Waals surface area (Å²) in [7, 11) is 0. The minimum absolute atomic E-state index is 0. The lowest BCUT2D eigenvalue weighted by molar-refractivity contribution is -0.137. The molecular formula is C15H23F3IN3O2. The molecule has 0 saturated carbocycles. The number of aliphatic imine (C=N–C) groups is 1. The van der Waals surface area contributed by atoms with E-state index in [1.807, 2.05) is 20.8 Å². The van der Waals surface area contributed by atoms with Gasteiger partial charge in [0, 0.05) is 5.54 Å². The molecule has 1 atom stereocenters. The zero-order chi connectivity index (χ0) is 17.7. The summed E-state index contributed by atoms with van der Waals surface area (Å²) in [4.78, 5) is 3.95. The molecule has 1 aromatic rings. The van der Waals surface area contributed by atoms with Crippen LogP contribution in [0.15, 0.2) is 29.3 Å². The molecule has 0 aliphatic carbocycles. The minimum atomic E-state index is -4.44. The van der Waals surface area contributed by atoms with E-state index in [2.05, 4.69) is 10.3 Å². The van der Waals surface area contributed by atoms with Crippen molar-refractivity contribution in [1.82, 2.24) is 5.32 Å². The third kappa shape index (κ3) is 9.16. The first kappa shape index (κ1) is 22.8. The average Bonchev–Trinajstić information content (AvgIpc) is 2.40. The molecule has 138 valence electrons. The first-order valence-electron chi connectivity index (χ1n) is 7.03. The summed E-state index contributed by atoms with van der Waals surface area (Å²) < 4.78 is 42.9. The Morgan fingerprint density at radius 1 is 1.33 bits per heavy atom. The van der Waals surface area contributed by atoms with Crippen molar-refractivity contribution < 1.29 is 23.0 Å². The second-order valence-electron chi connectivity index (χ2n) is 6.09. The number of nitrogens with zero attached hydrogens (tertiary/aromatic N) is 1. The molecule has 0 bridgehead atoms. The third-order valence-electron chi connectivity index (χ3n) is 2.58. The number of rotatable bonds is 5. The van der Waals surface area contributed by atoms with Crippen molar-refractivity contribution in [2.24, 2.45) is 10.7 Å². The van der Waals surface area contributed by atoms with Gasteiger partial charge >= 0.3 is 6.18 Å². The molecule has 0 aliphatic rings. The summed E-state index contributed by atoms with van der Waals surface area (Å²) in [5.74, 6) is 0.208. The van der Waals surface area contributed by atoms with Crippen LogP contribution < -0.4 is 15.8 Å². The SMILES string of the molecule is CC(C)(C)NC(N)=NCC(O)COc1cccc(C(F)(F)F)c1.I. The summed E-state index contributed by atoms with van der Waals surface area (Å²) in [5, 5.41) is 12.7. The molecule has 0 spiro atoms. The standard InChI is InChI=1S/C15H22F3N3O2.HI/c1-14(2,3)21-13(19)20-8-11(22)9-23-12-6-4-5-10(7-12)15(16,17)18;/h4-7,11,22H,8-9H2,1-3H3,(H3,19,20,21);1H. The zero-order valence-corrected chi connectivity index (χ0v) is 16.1. The summed E-state index contributed by atoms with van der Waals surface area (Å²) in [6.45, 7) is 5.51. The van der Waals surface area contributed by atoms with E-state index < -0.39 is 17.8 Å². The first-order chi connectivity index (χ1) is 10.5. The van der Waals surface area contributed by atoms with Crippen molar-refractivity contribution in [3.05, 3.63) is 29.8 Å². The third-order valence-corrected chi connectivity index (χ3v) is 2.58. The van der Waals surface area contributed by atoms with E-state index in [1.54, 1.807) is 0 Å². The van der Waals surface area contributed by atoms with Crippen molar-refractivity contribution >= 4 is 29.9 Å². The molecule has 0 heterocycles. The Hall–Kier alpha value is -1.23. The highest BCUT2D eigenvalue weighted by molar-refractivity contribution is 14.0. The van der Waals surface area contributed by atoms with Crippen LogP contribution in [0.5, 0.6) is 5.75 Å². The van der Waals surface area contributed by atoms with Crippen LogP contribution in [0.2, 0.25) is 0 Å². The van der Waals surface area contributed by atoms with E-state index in [4.69, 9.17) is 10.5 Å². The summed E-state index contributed by atoms with van der Waals surface area (Å²) in [6, 6.07) is 4.46. The van der Waals surface area contributed by atoms with Crippen molar-refractivity contribution in [3.63, 3.8) is 0 Å². The molecule has 4 N–H and O–H groups in total. The Labute approximate surface area is 156 Å². The number of nitrogens with one attached hydrogen (secondary N) is 1. The molecule has 1 unspecified atom stereocenters. The van der Waals surface area contributed by atoms with Crippen LogP contribution in [0.3, 0.4) is 0 Å². The normalized spacial score (nSPS) is 13.9. The fourth-order valence-corrected chi connectivity index (χ4v) is 1.63. The first-order valence-corrected chi connectivity index (χ1v) is 7.03. The van der Waals surface area contributed by atoms with Gasteiger partial charge in [-0.2, -0.15) is 13.2 Å². The van der Waals surface area contributed by atoms with Gasteiger partial charge in [0.1, 0.15) is 18.5 Å². The van der Waals surface area contributed by atoms with Gasteiger partial charge in [-0.25, -0.2) is 0 Å². The summed E-state index contributed by atoms with van der Waals surface area (Å²) in [6.07, 6.45) is -5.42. The Kier molecular flexibility index (Phi) is 8.83. The Morgan fingerprint density at radius 3 is 2.50 bits per heavy atom. The van der Waals surface area contributed by atoms with Gasteiger partial charge in [-0.3, -0.25) is 4.99 Å². The molecule has 0 aliphatic heterocycles. The van der Waals surface area contributed by atoms with Crippen LogP contribution in [0.25, 0.3) is 0 Å². The number of hydrogen-bond acceptors (Lipinski definition) is 3. The second kappa shape index (κ2) is 9.30. The van der Waals surface area contributed by atoms with Gasteiger partial charge < -0.3 is 20.9 Å². The number of ether oxygens (including phenoxy) is 1. The molecule has 0 aromatic heterocycles. The zero-order valence-electron chi connectivity index (χ0n) is 13.7. The maximum atomic E-state index is 12.6. The molecule has 5 nitrogen and oxygen atoms in total. The number of alkyl halides is 3. The van der Waals surface area contributed by atoms with Gasteiger partial charge in [0.2, 0.25) is 0 Å². The molecule has 1 aromatic carbocycles. The molecule has 0 saturated heterocycles. The van der Waals surface area contributed by atoms with Crippen LogP contribution in [0.1, 0.15) is 26.3 Å². The highest BCUT2D eigenvalue weighted by Gasteiger charge is 2.30. The largest absolute Gasteiger partial charge is 0.491 e. The van der Waals surface area contributed by atoms with Crippen molar-refractivity contribution in [2.75, 3.05) is 13.2 Å². The quantitative estimate of drug-likeness (QED) is 0.358. The van der Waals surface area contributed by atoms with E-state index in [9.17, 15) is 18.3 Å². The van der Waals surface area contributed by atoms with Crippen molar-refractivity contribution in [2.45, 2.75) is 38.6 Å². The number of nitrogens with two attached hydrogens (primary N) is 1. The monoisotopic (exact) mass is 461 g/mol. The topological polar surface area (TPSA) is 79.9 Å². The van der Waals surface area contributed by atoms with Gasteiger partial charge in [0.05, 0.1) is 12.1 Å². The molecule has 0 radical (unpaired) electrons. The minimum Gasteiger partial charge on any atom is -0.491 e. The summed E-state index contributed by atoms with van der Waals surface area (Å²) in [5.41, 5.74) is 4.58. The van der Waals surface area contributed by atoms with Gasteiger partial charge in [-0.05, 0) is 39.0 Å². The Bertz CT molecular complexity index is 546. The van der Waals surface area contributed by atoms with E-state index in [1.165, 1.54) is 12.1 Å². The lowest BCUT2D eigenvalue weighted by atomic mass is 10.1. The van der Waals surface area contributed by atoms with Crippen LogP contribution >= 0.6 is 24.0 Å². The van der Waals surface area contributed by atoms with Crippen LogP contribution in [0, 0.1) is 0 Å². The van der Waals surface area contributed by atoms with Crippen molar-refractivity contribution in [3.8, 4) is 5.75 Å². The number of benzene rings is 1. The van der Waals surface area contributed by atoms with Gasteiger partial charge in [-0.15, -0.1) is 24.0 Å². The van der Waals surface area contributed by atoms with Crippen LogP contribution in [0.4, 0.5) is 13.2 Å². The predicted molar refractivity (Wildman–Crippen MR) is 97.7 cm³/mol. The number of guanidine groups is 1. The molecule has 0 amide bonds. The maximum absolute atomic E-state index is 12.6. The van der Waals surface area contributed by atoms with E-state index in [0.29, 0.717) is 0 Å². The van der Waals surface area contributed by atoms with Crippen LogP contribution in [-0.2, 0) is 6.18 Å². The van der Waals surface area contributed by atoms with Gasteiger partial charge in [0.15, 0.2) is 5.96 Å². The Balaban J connectivity index is 0.00000529. The number of hydrogen-bond donors (Lipinski definition) is 3. The maximum Gasteiger partial charge on any atom is 0.416 e. The number of aliphatic hydroxyl groups is 1. The fraction of sp³-hybridized carbons (Fsp3) is 0.533. The highest BCUT2D eigenvalue weighted by Crippen LogP contribution is 2.31.